The van der Waals surface area contributed by atoms with Gasteiger partial charge in [0, 0.05) is 46.9 Å². The normalized spacial score (nSPS) is 15.1. The van der Waals surface area contributed by atoms with Gasteiger partial charge in [0.1, 0.15) is 0 Å². The predicted molar refractivity (Wildman–Crippen MR) is 91.1 cm³/mol. The van der Waals surface area contributed by atoms with Crippen LogP contribution in [-0.2, 0) is 19.4 Å². The summed E-state index contributed by atoms with van der Waals surface area (Å²) < 4.78 is 0. The molecule has 0 fully saturated rings. The van der Waals surface area contributed by atoms with E-state index in [-0.39, 0.29) is 11.9 Å². The monoisotopic (exact) mass is 352 g/mol. The van der Waals surface area contributed by atoms with Gasteiger partial charge in [0.2, 0.25) is 0 Å². The molecule has 1 aromatic heterocycles. The topological polar surface area (TPSA) is 69.8 Å². The highest BCUT2D eigenvalue weighted by Gasteiger charge is 2.22. The number of aromatic nitrogens is 2. The van der Waals surface area contributed by atoms with Crippen LogP contribution in [0.25, 0.3) is 0 Å². The van der Waals surface area contributed by atoms with Crippen LogP contribution in [0.1, 0.15) is 34.2 Å². The molecule has 0 bridgehead atoms. The van der Waals surface area contributed by atoms with Gasteiger partial charge >= 0.3 is 0 Å². The largest absolute Gasteiger partial charge is 0.348 e. The van der Waals surface area contributed by atoms with Crippen molar-refractivity contribution >= 4 is 29.1 Å². The zero-order valence-electron chi connectivity index (χ0n) is 12.7. The Morgan fingerprint density at radius 1 is 1.39 bits per heavy atom. The lowest BCUT2D eigenvalue weighted by Gasteiger charge is -2.17. The van der Waals surface area contributed by atoms with Crippen molar-refractivity contribution in [2.75, 3.05) is 6.54 Å². The molecule has 2 heterocycles. The fourth-order valence-corrected chi connectivity index (χ4v) is 3.34. The number of halogens is 2. The number of rotatable bonds is 4. The molecule has 0 aliphatic carbocycles. The molecule has 1 aliphatic rings. The fourth-order valence-electron chi connectivity index (χ4n) is 2.79. The van der Waals surface area contributed by atoms with E-state index in [4.69, 9.17) is 23.2 Å². The number of H-pyrrole nitrogens is 1. The highest BCUT2D eigenvalue weighted by atomic mass is 35.5. The zero-order chi connectivity index (χ0) is 16.4. The minimum atomic E-state index is -0.179. The van der Waals surface area contributed by atoms with Gasteiger partial charge in [-0.3, -0.25) is 9.89 Å². The van der Waals surface area contributed by atoms with Gasteiger partial charge in [0.25, 0.3) is 5.91 Å². The minimum Gasteiger partial charge on any atom is -0.348 e. The molecule has 3 rings (SSSR count). The number of hydrogen-bond acceptors (Lipinski definition) is 3. The maximum absolute atomic E-state index is 12.5. The van der Waals surface area contributed by atoms with Gasteiger partial charge in [-0.05, 0) is 31.0 Å². The van der Waals surface area contributed by atoms with E-state index in [2.05, 4.69) is 20.8 Å². The van der Waals surface area contributed by atoms with Crippen molar-refractivity contribution in [3.63, 3.8) is 0 Å². The number of carbonyl (C=O) groups excluding carboxylic acids is 1. The molecule has 0 radical (unpaired) electrons. The summed E-state index contributed by atoms with van der Waals surface area (Å²) in [5, 5.41) is 14.6. The van der Waals surface area contributed by atoms with Crippen LogP contribution < -0.4 is 10.6 Å². The second-order valence-electron chi connectivity index (χ2n) is 5.73. The van der Waals surface area contributed by atoms with E-state index >= 15 is 0 Å². The second kappa shape index (κ2) is 6.91. The van der Waals surface area contributed by atoms with Crippen LogP contribution in [0.3, 0.4) is 0 Å². The lowest BCUT2D eigenvalue weighted by molar-refractivity contribution is 0.0934. The third-order valence-electron chi connectivity index (χ3n) is 3.97. The molecule has 0 spiro atoms. The summed E-state index contributed by atoms with van der Waals surface area (Å²) >= 11 is 12.4. The summed E-state index contributed by atoms with van der Waals surface area (Å²) in [6, 6.07) is 5.30. The van der Waals surface area contributed by atoms with Crippen molar-refractivity contribution in [3.8, 4) is 0 Å². The first-order chi connectivity index (χ1) is 11.1. The van der Waals surface area contributed by atoms with Crippen LogP contribution in [-0.4, -0.2) is 28.7 Å². The van der Waals surface area contributed by atoms with Crippen molar-refractivity contribution < 1.29 is 4.79 Å². The molecule has 122 valence electrons. The Balaban J connectivity index is 1.69. The van der Waals surface area contributed by atoms with Crippen LogP contribution >= 0.6 is 23.2 Å². The van der Waals surface area contributed by atoms with Gasteiger partial charge in [-0.2, -0.15) is 5.10 Å². The summed E-state index contributed by atoms with van der Waals surface area (Å²) in [5.41, 5.74) is 3.30. The average Bonchev–Trinajstić information content (AvgIpc) is 2.95. The molecule has 5 nitrogen and oxygen atoms in total. The van der Waals surface area contributed by atoms with E-state index in [1.807, 2.05) is 6.92 Å². The molecular formula is C16H18Cl2N4O. The summed E-state index contributed by atoms with van der Waals surface area (Å²) in [7, 11) is 0. The number of hydrogen-bond donors (Lipinski definition) is 3. The highest BCUT2D eigenvalue weighted by Crippen LogP contribution is 2.25. The average molecular weight is 353 g/mol. The predicted octanol–water partition coefficient (Wildman–Crippen LogP) is 2.72. The molecule has 0 saturated heterocycles. The minimum absolute atomic E-state index is 0.108. The fraction of sp³-hybridized carbons (Fsp3) is 0.375. The lowest BCUT2D eigenvalue weighted by Crippen LogP contribution is -2.35. The molecule has 23 heavy (non-hydrogen) atoms. The van der Waals surface area contributed by atoms with E-state index < -0.39 is 0 Å². The van der Waals surface area contributed by atoms with Crippen LogP contribution in [0.2, 0.25) is 10.0 Å². The molecule has 1 aliphatic heterocycles. The van der Waals surface area contributed by atoms with Crippen LogP contribution in [0.5, 0.6) is 0 Å². The van der Waals surface area contributed by atoms with Crippen molar-refractivity contribution in [2.24, 2.45) is 0 Å². The summed E-state index contributed by atoms with van der Waals surface area (Å²) in [5.74, 6) is -0.179. The van der Waals surface area contributed by atoms with Crippen molar-refractivity contribution in [3.05, 3.63) is 50.8 Å². The van der Waals surface area contributed by atoms with E-state index in [1.165, 1.54) is 0 Å². The Kier molecular flexibility index (Phi) is 4.90. The second-order valence-corrected chi connectivity index (χ2v) is 6.55. The van der Waals surface area contributed by atoms with E-state index in [1.54, 1.807) is 18.2 Å². The van der Waals surface area contributed by atoms with Gasteiger partial charge in [-0.1, -0.05) is 29.3 Å². The first-order valence-electron chi connectivity index (χ1n) is 7.57. The van der Waals surface area contributed by atoms with Crippen molar-refractivity contribution in [1.29, 1.82) is 0 Å². The van der Waals surface area contributed by atoms with Crippen LogP contribution in [0, 0.1) is 0 Å². The molecule has 1 amide bonds. The first kappa shape index (κ1) is 16.3. The summed E-state index contributed by atoms with van der Waals surface area (Å²) in [4.78, 5) is 12.5. The lowest BCUT2D eigenvalue weighted by atomic mass is 10.0. The van der Waals surface area contributed by atoms with Crippen LogP contribution in [0.15, 0.2) is 18.2 Å². The zero-order valence-corrected chi connectivity index (χ0v) is 14.3. The number of fused-ring (bicyclic) bond motifs is 1. The maximum atomic E-state index is 12.5. The third kappa shape index (κ3) is 3.52. The standard InChI is InChI=1S/C16H18Cl2N4O/c1-9(7-10-12(17)3-2-4-13(10)18)20-16(23)15-11-8-19-6-5-14(11)21-22-15/h2-4,9,19H,5-8H2,1H3,(H,20,23)(H,21,22). The molecule has 2 aromatic rings. The molecule has 7 heteroatoms. The van der Waals surface area contributed by atoms with Gasteiger partial charge in [0.05, 0.1) is 0 Å². The molecule has 3 N–H and O–H groups in total. The molecule has 1 unspecified atom stereocenters. The number of nitrogens with zero attached hydrogens (tertiary/aromatic N) is 1. The van der Waals surface area contributed by atoms with Gasteiger partial charge < -0.3 is 10.6 Å². The number of nitrogens with one attached hydrogen (secondary N) is 3. The molecule has 1 atom stereocenters. The first-order valence-corrected chi connectivity index (χ1v) is 8.32. The number of carbonyl (C=O) groups is 1. The Morgan fingerprint density at radius 3 is 2.87 bits per heavy atom. The maximum Gasteiger partial charge on any atom is 0.272 e. The smallest absolute Gasteiger partial charge is 0.272 e. The Labute approximate surface area is 144 Å². The van der Waals surface area contributed by atoms with Gasteiger partial charge in [0.15, 0.2) is 5.69 Å². The van der Waals surface area contributed by atoms with E-state index in [0.29, 0.717) is 28.7 Å². The number of aromatic amines is 1. The van der Waals surface area contributed by atoms with Crippen LogP contribution in [0.4, 0.5) is 0 Å². The summed E-state index contributed by atoms with van der Waals surface area (Å²) in [6.45, 7) is 3.49. The van der Waals surface area contributed by atoms with Crippen molar-refractivity contribution in [2.45, 2.75) is 32.4 Å². The van der Waals surface area contributed by atoms with Gasteiger partial charge in [-0.25, -0.2) is 0 Å². The van der Waals surface area contributed by atoms with E-state index in [9.17, 15) is 4.79 Å². The molecular weight excluding hydrogens is 335 g/mol. The number of benzene rings is 1. The Hall–Kier alpha value is -1.56. The van der Waals surface area contributed by atoms with Crippen molar-refractivity contribution in [1.82, 2.24) is 20.8 Å². The Bertz CT molecular complexity index is 709. The van der Waals surface area contributed by atoms with Gasteiger partial charge in [-0.15, -0.1) is 0 Å². The quantitative estimate of drug-likeness (QED) is 0.792. The Morgan fingerprint density at radius 2 is 2.13 bits per heavy atom. The highest BCUT2D eigenvalue weighted by molar-refractivity contribution is 6.36. The summed E-state index contributed by atoms with van der Waals surface area (Å²) in [6.07, 6.45) is 1.43. The number of amides is 1. The SMILES string of the molecule is CC(Cc1c(Cl)cccc1Cl)NC(=O)c1n[nH]c2c1CNCC2. The van der Waals surface area contributed by atoms with E-state index in [0.717, 1.165) is 29.8 Å². The molecule has 1 aromatic carbocycles. The third-order valence-corrected chi connectivity index (χ3v) is 4.68. The molecule has 0 saturated carbocycles.